The number of rotatable bonds is 3. The van der Waals surface area contributed by atoms with Crippen LogP contribution in [0.15, 0.2) is 60.7 Å². The molecule has 3 rings (SSSR count). The van der Waals surface area contributed by atoms with Crippen LogP contribution in [0.4, 0.5) is 16.5 Å². The van der Waals surface area contributed by atoms with Gasteiger partial charge in [-0.05, 0) is 34.6 Å². The normalized spacial score (nSPS) is 11.5. The summed E-state index contributed by atoms with van der Waals surface area (Å²) in [6.07, 6.45) is 0. The third-order valence-corrected chi connectivity index (χ3v) is 4.97. The van der Waals surface area contributed by atoms with Gasteiger partial charge in [0.25, 0.3) is 0 Å². The molecule has 0 aliphatic rings. The quantitative estimate of drug-likeness (QED) is 0.535. The van der Waals surface area contributed by atoms with Crippen LogP contribution in [0.5, 0.6) is 0 Å². The molecule has 0 radical (unpaired) electrons. The molecule has 1 N–H and O–H groups in total. The summed E-state index contributed by atoms with van der Waals surface area (Å²) in [6.45, 7) is 0. The van der Waals surface area contributed by atoms with Crippen molar-refractivity contribution < 1.29 is 17.0 Å². The summed E-state index contributed by atoms with van der Waals surface area (Å²) in [5.74, 6) is 0. The molecular formula is C15H14BrN3S2. The molecule has 0 aliphatic carbocycles. The molecule has 0 unspecified atom stereocenters. The molecule has 108 valence electrons. The zero-order valence-corrected chi connectivity index (χ0v) is 14.6. The van der Waals surface area contributed by atoms with Crippen molar-refractivity contribution in [2.24, 2.45) is 0 Å². The Hall–Kier alpha value is -1.50. The molecule has 0 bridgehead atoms. The van der Waals surface area contributed by atoms with Crippen LogP contribution in [0, 0.1) is 0 Å². The second-order valence-electron chi connectivity index (χ2n) is 4.25. The van der Waals surface area contributed by atoms with Crippen molar-refractivity contribution in [3.8, 4) is 0 Å². The SMILES string of the molecule is C[N+](c1ccccc1)=c1nc(Nc2ccccc2)ss1.[Br-]. The Morgan fingerprint density at radius 2 is 1.52 bits per heavy atom. The van der Waals surface area contributed by atoms with E-state index in [1.165, 1.54) is 0 Å². The number of hydrogen-bond acceptors (Lipinski definition) is 4. The van der Waals surface area contributed by atoms with E-state index < -0.39 is 0 Å². The van der Waals surface area contributed by atoms with Gasteiger partial charge in [-0.2, -0.15) is 0 Å². The summed E-state index contributed by atoms with van der Waals surface area (Å²) in [7, 11) is 5.35. The number of para-hydroxylation sites is 2. The van der Waals surface area contributed by atoms with Crippen LogP contribution in [0.1, 0.15) is 0 Å². The van der Waals surface area contributed by atoms with Gasteiger partial charge in [0.2, 0.25) is 0 Å². The Bertz CT molecular complexity index is 751. The maximum Gasteiger partial charge on any atom is 0.395 e. The highest BCUT2D eigenvalue weighted by Crippen LogP contribution is 2.19. The van der Waals surface area contributed by atoms with E-state index in [4.69, 9.17) is 0 Å². The van der Waals surface area contributed by atoms with E-state index in [1.807, 2.05) is 55.6 Å². The maximum atomic E-state index is 4.63. The van der Waals surface area contributed by atoms with Crippen molar-refractivity contribution in [2.75, 3.05) is 12.4 Å². The molecular weight excluding hydrogens is 366 g/mol. The summed E-state index contributed by atoms with van der Waals surface area (Å²) in [5.41, 5.74) is 2.20. The second kappa shape index (κ2) is 7.49. The van der Waals surface area contributed by atoms with Crippen molar-refractivity contribution >= 4 is 37.2 Å². The minimum Gasteiger partial charge on any atom is -1.00 e. The van der Waals surface area contributed by atoms with Gasteiger partial charge in [-0.25, -0.2) is 4.58 Å². The van der Waals surface area contributed by atoms with E-state index in [2.05, 4.69) is 27.0 Å². The molecule has 6 heteroatoms. The molecule has 0 spiro atoms. The van der Waals surface area contributed by atoms with E-state index >= 15 is 0 Å². The molecule has 1 aromatic heterocycles. The lowest BCUT2D eigenvalue weighted by atomic mass is 10.3. The van der Waals surface area contributed by atoms with Crippen molar-refractivity contribution in [2.45, 2.75) is 0 Å². The fraction of sp³-hybridized carbons (Fsp3) is 0.0667. The highest BCUT2D eigenvalue weighted by Gasteiger charge is 2.10. The molecule has 3 aromatic rings. The topological polar surface area (TPSA) is 27.9 Å². The summed E-state index contributed by atoms with van der Waals surface area (Å²) in [4.78, 5) is 5.62. The first-order chi connectivity index (χ1) is 9.83. The van der Waals surface area contributed by atoms with Gasteiger partial charge < -0.3 is 22.3 Å². The van der Waals surface area contributed by atoms with Gasteiger partial charge in [0.15, 0.2) is 0 Å². The Morgan fingerprint density at radius 1 is 0.905 bits per heavy atom. The standard InChI is InChI=1S/C15H13N3S2.BrH/c1-18(13-10-6-3-7-11-13)15-17-14(19-20-15)16-12-8-4-2-5-9-12;/h2-11H,1H3;1H. The molecule has 1 heterocycles. The zero-order chi connectivity index (χ0) is 13.8. The third-order valence-electron chi connectivity index (χ3n) is 2.85. The molecule has 2 aromatic carbocycles. The number of hydrogen-bond donors (Lipinski definition) is 1. The van der Waals surface area contributed by atoms with E-state index in [0.717, 1.165) is 21.3 Å². The summed E-state index contributed by atoms with van der Waals surface area (Å²) < 4.78 is 2.09. The second-order valence-corrected chi connectivity index (χ2v) is 6.34. The summed E-state index contributed by atoms with van der Waals surface area (Å²) >= 11 is 0. The van der Waals surface area contributed by atoms with Gasteiger partial charge in [-0.15, -0.1) is 0 Å². The maximum absolute atomic E-state index is 4.63. The minimum absolute atomic E-state index is 0. The molecule has 0 saturated carbocycles. The molecule has 0 fully saturated rings. The summed E-state index contributed by atoms with van der Waals surface area (Å²) in [6, 6.07) is 20.3. The molecule has 3 nitrogen and oxygen atoms in total. The van der Waals surface area contributed by atoms with Gasteiger partial charge in [0.05, 0.1) is 7.05 Å². The fourth-order valence-electron chi connectivity index (χ4n) is 1.79. The number of anilines is 2. The first kappa shape index (κ1) is 15.9. The molecule has 0 amide bonds. The third kappa shape index (κ3) is 4.00. The molecule has 0 atom stereocenters. The van der Waals surface area contributed by atoms with Crippen LogP contribution in [0.25, 0.3) is 0 Å². The Labute approximate surface area is 141 Å². The van der Waals surface area contributed by atoms with Crippen molar-refractivity contribution in [3.63, 3.8) is 0 Å². The number of aromatic nitrogens is 1. The van der Waals surface area contributed by atoms with Gasteiger partial charge >= 0.3 is 9.93 Å². The number of benzene rings is 2. The van der Waals surface area contributed by atoms with E-state index in [1.54, 1.807) is 20.7 Å². The number of nitrogens with zero attached hydrogens (tertiary/aromatic N) is 2. The van der Waals surface area contributed by atoms with Crippen molar-refractivity contribution in [3.05, 3.63) is 65.5 Å². The zero-order valence-electron chi connectivity index (χ0n) is 11.4. The van der Waals surface area contributed by atoms with Crippen LogP contribution < -0.4 is 31.7 Å². The van der Waals surface area contributed by atoms with E-state index in [-0.39, 0.29) is 17.0 Å². The monoisotopic (exact) mass is 379 g/mol. The largest absolute Gasteiger partial charge is 1.00 e. The smallest absolute Gasteiger partial charge is 0.395 e. The number of halogens is 1. The lowest BCUT2D eigenvalue weighted by Gasteiger charge is -1.97. The van der Waals surface area contributed by atoms with Gasteiger partial charge in [-0.3, -0.25) is 0 Å². The first-order valence-corrected chi connectivity index (χ1v) is 8.39. The van der Waals surface area contributed by atoms with E-state index in [0.29, 0.717) is 0 Å². The average Bonchev–Trinajstić information content (AvgIpc) is 2.97. The molecule has 0 saturated heterocycles. The predicted molar refractivity (Wildman–Crippen MR) is 87.0 cm³/mol. The first-order valence-electron chi connectivity index (χ1n) is 6.24. The average molecular weight is 380 g/mol. The fourth-order valence-corrected chi connectivity index (χ4v) is 3.77. The van der Waals surface area contributed by atoms with Crippen LogP contribution in [-0.4, -0.2) is 12.0 Å². The van der Waals surface area contributed by atoms with Gasteiger partial charge in [0, 0.05) is 21.0 Å². The van der Waals surface area contributed by atoms with Gasteiger partial charge in [0.1, 0.15) is 5.69 Å². The van der Waals surface area contributed by atoms with Crippen molar-refractivity contribution in [1.29, 1.82) is 0 Å². The molecule has 0 aliphatic heterocycles. The highest BCUT2D eigenvalue weighted by atomic mass is 79.9. The summed E-state index contributed by atoms with van der Waals surface area (Å²) in [5, 5.41) is 4.24. The van der Waals surface area contributed by atoms with Crippen LogP contribution >= 0.6 is 20.7 Å². The lowest BCUT2D eigenvalue weighted by Crippen LogP contribution is -3.00. The molecule has 21 heavy (non-hydrogen) atoms. The Morgan fingerprint density at radius 3 is 2.19 bits per heavy atom. The predicted octanol–water partition coefficient (Wildman–Crippen LogP) is 0.686. The number of nitrogens with one attached hydrogen (secondary N) is 1. The lowest BCUT2D eigenvalue weighted by molar-refractivity contribution is -0.00000390. The van der Waals surface area contributed by atoms with Crippen LogP contribution in [0.3, 0.4) is 0 Å². The Balaban J connectivity index is 0.00000161. The Kier molecular flexibility index (Phi) is 5.67. The van der Waals surface area contributed by atoms with Crippen molar-refractivity contribution in [1.82, 2.24) is 9.56 Å². The van der Waals surface area contributed by atoms with Crippen LogP contribution in [-0.2, 0) is 0 Å². The van der Waals surface area contributed by atoms with Gasteiger partial charge in [-0.1, -0.05) is 36.4 Å². The van der Waals surface area contributed by atoms with Crippen LogP contribution in [0.2, 0.25) is 0 Å². The minimum atomic E-state index is 0. The van der Waals surface area contributed by atoms with E-state index in [9.17, 15) is 0 Å². The highest BCUT2D eigenvalue weighted by molar-refractivity contribution is 7.69.